The molecule has 0 atom stereocenters. The predicted octanol–water partition coefficient (Wildman–Crippen LogP) is 4.86. The summed E-state index contributed by atoms with van der Waals surface area (Å²) in [5.41, 5.74) is 4.39. The van der Waals surface area contributed by atoms with Crippen LogP contribution in [0.5, 0.6) is 0 Å². The SMILES string of the molecule is CC1=[C-]C(C)(C)C(C)=C1C.[CH3][Ti+]([CH3])[CH3]. The maximum absolute atomic E-state index is 3.44. The third-order valence-electron chi connectivity index (χ3n) is 2.56. The molecule has 0 saturated carbocycles. The van der Waals surface area contributed by atoms with Gasteiger partial charge in [-0.3, -0.25) is 6.08 Å². The molecule has 0 nitrogen and oxygen atoms in total. The molecule has 0 radical (unpaired) electrons. The van der Waals surface area contributed by atoms with Gasteiger partial charge in [-0.1, -0.05) is 33.1 Å². The van der Waals surface area contributed by atoms with E-state index in [1.165, 1.54) is 16.7 Å². The Labute approximate surface area is 96.3 Å². The van der Waals surface area contributed by atoms with Gasteiger partial charge in [0, 0.05) is 0 Å². The molecule has 0 aromatic heterocycles. The van der Waals surface area contributed by atoms with Gasteiger partial charge in [-0.2, -0.15) is 11.1 Å². The van der Waals surface area contributed by atoms with E-state index in [9.17, 15) is 0 Å². The number of hydrogen-bond acceptors (Lipinski definition) is 0. The average molecular weight is 228 g/mol. The van der Waals surface area contributed by atoms with E-state index >= 15 is 0 Å². The van der Waals surface area contributed by atoms with Gasteiger partial charge in [0.05, 0.1) is 0 Å². The predicted molar refractivity (Wildman–Crippen MR) is 62.2 cm³/mol. The summed E-state index contributed by atoms with van der Waals surface area (Å²) in [6.07, 6.45) is 3.44. The summed E-state index contributed by atoms with van der Waals surface area (Å²) in [6.45, 7) is 10.9. The van der Waals surface area contributed by atoms with Crippen LogP contribution in [0.3, 0.4) is 0 Å². The Hall–Kier alpha value is 0.194. The molecule has 0 amide bonds. The fourth-order valence-corrected chi connectivity index (χ4v) is 1.41. The number of rotatable bonds is 0. The molecule has 1 rings (SSSR count). The van der Waals surface area contributed by atoms with Crippen LogP contribution in [-0.4, -0.2) is 0 Å². The molecule has 1 aliphatic rings. The zero-order valence-electron chi connectivity index (χ0n) is 11.0. The van der Waals surface area contributed by atoms with Crippen molar-refractivity contribution in [3.63, 3.8) is 0 Å². The van der Waals surface area contributed by atoms with E-state index in [2.05, 4.69) is 56.4 Å². The molecule has 0 unspecified atom stereocenters. The minimum atomic E-state index is -0.333. The third kappa shape index (κ3) is 4.15. The molecule has 0 fully saturated rings. The second-order valence-electron chi connectivity index (χ2n) is 5.12. The molecule has 0 saturated heterocycles. The quantitative estimate of drug-likeness (QED) is 0.410. The van der Waals surface area contributed by atoms with Crippen LogP contribution in [-0.2, 0) is 17.9 Å². The Balaban J connectivity index is 0.000000364. The minimum absolute atomic E-state index is 0.189. The molecule has 0 aromatic carbocycles. The molecule has 0 spiro atoms. The molecule has 0 bridgehead atoms. The zero-order valence-corrected chi connectivity index (χ0v) is 12.6. The van der Waals surface area contributed by atoms with Crippen molar-refractivity contribution in [2.75, 3.05) is 0 Å². The van der Waals surface area contributed by atoms with Crippen molar-refractivity contribution in [3.05, 3.63) is 22.8 Å². The Morgan fingerprint density at radius 2 is 1.36 bits per heavy atom. The van der Waals surface area contributed by atoms with Crippen LogP contribution in [0.1, 0.15) is 34.6 Å². The summed E-state index contributed by atoms with van der Waals surface area (Å²) in [4.78, 5) is 0. The normalized spacial score (nSPS) is 18.7. The molecule has 1 heteroatoms. The molecule has 14 heavy (non-hydrogen) atoms. The summed E-state index contributed by atoms with van der Waals surface area (Å²) < 4.78 is 0. The summed E-state index contributed by atoms with van der Waals surface area (Å²) in [6, 6.07) is 0. The van der Waals surface area contributed by atoms with E-state index in [0.29, 0.717) is 0 Å². The van der Waals surface area contributed by atoms with Gasteiger partial charge < -0.3 is 0 Å². The van der Waals surface area contributed by atoms with Crippen LogP contribution >= 0.6 is 0 Å². The van der Waals surface area contributed by atoms with Crippen LogP contribution < -0.4 is 0 Å². The number of allylic oxidation sites excluding steroid dienone is 4. The van der Waals surface area contributed by atoms with Gasteiger partial charge in [-0.05, 0) is 0 Å². The van der Waals surface area contributed by atoms with Crippen molar-refractivity contribution in [2.24, 2.45) is 5.41 Å². The van der Waals surface area contributed by atoms with Crippen molar-refractivity contribution < 1.29 is 17.9 Å². The van der Waals surface area contributed by atoms with Crippen LogP contribution in [0.2, 0.25) is 15.7 Å². The Morgan fingerprint density at radius 1 is 1.00 bits per heavy atom. The van der Waals surface area contributed by atoms with Crippen molar-refractivity contribution >= 4 is 0 Å². The van der Waals surface area contributed by atoms with Crippen molar-refractivity contribution in [2.45, 2.75) is 50.3 Å². The fraction of sp³-hybridized carbons (Fsp3) is 0.692. The Morgan fingerprint density at radius 3 is 1.43 bits per heavy atom. The topological polar surface area (TPSA) is 0 Å². The maximum atomic E-state index is 3.44. The first-order chi connectivity index (χ1) is 6.18. The molecule has 0 aromatic rings. The van der Waals surface area contributed by atoms with Crippen LogP contribution in [0.25, 0.3) is 0 Å². The first kappa shape index (κ1) is 14.2. The monoisotopic (exact) mass is 228 g/mol. The summed E-state index contributed by atoms with van der Waals surface area (Å²) in [7, 11) is 0. The van der Waals surface area contributed by atoms with Gasteiger partial charge in [0.25, 0.3) is 0 Å². The van der Waals surface area contributed by atoms with Crippen molar-refractivity contribution in [3.8, 4) is 0 Å². The summed E-state index contributed by atoms with van der Waals surface area (Å²) in [5, 5.41) is 7.00. The van der Waals surface area contributed by atoms with Gasteiger partial charge in [0.15, 0.2) is 0 Å². The van der Waals surface area contributed by atoms with E-state index < -0.39 is 0 Å². The molecular formula is C13H24Ti. The van der Waals surface area contributed by atoms with Gasteiger partial charge >= 0.3 is 33.6 Å². The number of hydrogen-bond donors (Lipinski definition) is 0. The second kappa shape index (κ2) is 5.33. The van der Waals surface area contributed by atoms with Gasteiger partial charge in [-0.25, -0.2) is 5.57 Å². The van der Waals surface area contributed by atoms with Gasteiger partial charge in [0.1, 0.15) is 0 Å². The molecule has 0 heterocycles. The van der Waals surface area contributed by atoms with E-state index in [1.807, 2.05) is 0 Å². The first-order valence-electron chi connectivity index (χ1n) is 5.25. The van der Waals surface area contributed by atoms with Crippen LogP contribution in [0.15, 0.2) is 16.7 Å². The first-order valence-corrected chi connectivity index (χ1v) is 9.93. The standard InChI is InChI=1S/C10H15.3CH3.Ti/c1-7-6-10(4,5)9(3)8(7)2;;;;/h1-5H3;3*1H3;/q-1;;;;+1. The van der Waals surface area contributed by atoms with E-state index in [-0.39, 0.29) is 23.3 Å². The van der Waals surface area contributed by atoms with E-state index in [0.717, 1.165) is 0 Å². The van der Waals surface area contributed by atoms with E-state index in [4.69, 9.17) is 0 Å². The Kier molecular flexibility index (Phi) is 5.40. The van der Waals surface area contributed by atoms with Crippen molar-refractivity contribution in [1.82, 2.24) is 0 Å². The van der Waals surface area contributed by atoms with Gasteiger partial charge in [-0.15, -0.1) is 6.92 Å². The summed E-state index contributed by atoms with van der Waals surface area (Å²) >= 11 is -0.333. The van der Waals surface area contributed by atoms with E-state index in [1.54, 1.807) is 0 Å². The Bertz CT molecular complexity index is 252. The fourth-order valence-electron chi connectivity index (χ4n) is 1.41. The molecule has 1 aliphatic carbocycles. The van der Waals surface area contributed by atoms with Gasteiger partial charge in [0.2, 0.25) is 0 Å². The average Bonchev–Trinajstić information content (AvgIpc) is 2.13. The second-order valence-corrected chi connectivity index (χ2v) is 9.81. The van der Waals surface area contributed by atoms with Crippen molar-refractivity contribution in [1.29, 1.82) is 0 Å². The summed E-state index contributed by atoms with van der Waals surface area (Å²) in [5.74, 6) is 0. The molecule has 80 valence electrons. The third-order valence-corrected chi connectivity index (χ3v) is 2.56. The zero-order chi connectivity index (χ0) is 11.5. The van der Waals surface area contributed by atoms with Crippen LogP contribution in [0, 0.1) is 11.5 Å². The molecule has 0 N–H and O–H groups in total. The van der Waals surface area contributed by atoms with Crippen LogP contribution in [0.4, 0.5) is 0 Å². The molecular weight excluding hydrogens is 204 g/mol. The molecule has 0 aliphatic heterocycles.